The minimum atomic E-state index is 1.01. The maximum Gasteiger partial charge on any atom is 0.204 e. The first-order valence-corrected chi connectivity index (χ1v) is 4.97. The third-order valence-electron chi connectivity index (χ3n) is 2.81. The molecule has 0 bridgehead atoms. The summed E-state index contributed by atoms with van der Waals surface area (Å²) >= 11 is 0. The molecule has 0 fully saturated rings. The predicted molar refractivity (Wildman–Crippen MR) is 57.7 cm³/mol. The monoisotopic (exact) mass is 187 g/mol. The van der Waals surface area contributed by atoms with Crippen molar-refractivity contribution < 1.29 is 0 Å². The lowest BCUT2D eigenvalue weighted by molar-refractivity contribution is 0.837. The molecule has 0 aliphatic carbocycles. The number of hydrogen-bond acceptors (Lipinski definition) is 2. The van der Waals surface area contributed by atoms with Crippen LogP contribution in [0.2, 0.25) is 0 Å². The van der Waals surface area contributed by atoms with Crippen LogP contribution in [-0.2, 0) is 6.54 Å². The molecule has 3 nitrogen and oxygen atoms in total. The van der Waals surface area contributed by atoms with E-state index < -0.39 is 0 Å². The quantitative estimate of drug-likeness (QED) is 0.684. The van der Waals surface area contributed by atoms with E-state index in [1.165, 1.54) is 16.6 Å². The zero-order valence-electron chi connectivity index (χ0n) is 8.46. The summed E-state index contributed by atoms with van der Waals surface area (Å²) < 4.78 is 2.26. The van der Waals surface area contributed by atoms with Crippen LogP contribution in [0.25, 0.3) is 11.0 Å². The maximum absolute atomic E-state index is 4.59. The average Bonchev–Trinajstić information content (AvgIpc) is 2.65. The van der Waals surface area contributed by atoms with Gasteiger partial charge in [-0.25, -0.2) is 4.98 Å². The number of benzene rings is 1. The Balaban J connectivity index is 2.43. The molecule has 72 valence electrons. The molecule has 1 aromatic heterocycles. The van der Waals surface area contributed by atoms with Gasteiger partial charge in [0, 0.05) is 13.1 Å². The van der Waals surface area contributed by atoms with Crippen molar-refractivity contribution in [1.82, 2.24) is 9.55 Å². The van der Waals surface area contributed by atoms with Crippen LogP contribution >= 0.6 is 0 Å². The summed E-state index contributed by atoms with van der Waals surface area (Å²) in [6.07, 6.45) is 0. The van der Waals surface area contributed by atoms with E-state index in [9.17, 15) is 0 Å². The summed E-state index contributed by atoms with van der Waals surface area (Å²) in [7, 11) is 0. The highest BCUT2D eigenvalue weighted by Gasteiger charge is 2.16. The highest BCUT2D eigenvalue weighted by Crippen LogP contribution is 2.26. The average molecular weight is 187 g/mol. The van der Waals surface area contributed by atoms with Gasteiger partial charge in [-0.05, 0) is 31.0 Å². The van der Waals surface area contributed by atoms with Crippen molar-refractivity contribution in [3.05, 3.63) is 23.3 Å². The van der Waals surface area contributed by atoms with Crippen molar-refractivity contribution in [1.29, 1.82) is 0 Å². The van der Waals surface area contributed by atoms with E-state index in [0.29, 0.717) is 0 Å². The number of rotatable bonds is 0. The summed E-state index contributed by atoms with van der Waals surface area (Å²) in [5.41, 5.74) is 4.98. The number of anilines is 1. The van der Waals surface area contributed by atoms with Crippen molar-refractivity contribution in [2.45, 2.75) is 20.4 Å². The van der Waals surface area contributed by atoms with E-state index in [-0.39, 0.29) is 0 Å². The van der Waals surface area contributed by atoms with Crippen molar-refractivity contribution in [3.63, 3.8) is 0 Å². The Morgan fingerprint density at radius 2 is 2.21 bits per heavy atom. The van der Waals surface area contributed by atoms with Crippen LogP contribution in [0.3, 0.4) is 0 Å². The highest BCUT2D eigenvalue weighted by atomic mass is 15.3. The minimum absolute atomic E-state index is 1.01. The van der Waals surface area contributed by atoms with Gasteiger partial charge in [0.2, 0.25) is 5.95 Å². The Hall–Kier alpha value is -1.51. The van der Waals surface area contributed by atoms with Crippen LogP contribution in [0.4, 0.5) is 5.95 Å². The zero-order chi connectivity index (χ0) is 9.71. The van der Waals surface area contributed by atoms with E-state index in [4.69, 9.17) is 0 Å². The maximum atomic E-state index is 4.59. The van der Waals surface area contributed by atoms with Gasteiger partial charge in [-0.1, -0.05) is 6.07 Å². The Morgan fingerprint density at radius 3 is 3.07 bits per heavy atom. The summed E-state index contributed by atoms with van der Waals surface area (Å²) in [6, 6.07) is 4.40. The Morgan fingerprint density at radius 1 is 1.36 bits per heavy atom. The fourth-order valence-electron chi connectivity index (χ4n) is 2.21. The van der Waals surface area contributed by atoms with Gasteiger partial charge < -0.3 is 9.88 Å². The van der Waals surface area contributed by atoms with Gasteiger partial charge in [0.25, 0.3) is 0 Å². The number of imidazole rings is 1. The smallest absolute Gasteiger partial charge is 0.204 e. The molecule has 3 rings (SSSR count). The number of aromatic nitrogens is 2. The molecular formula is C11H13N3. The first kappa shape index (κ1) is 7.85. The molecule has 1 aliphatic rings. The summed E-state index contributed by atoms with van der Waals surface area (Å²) in [6.45, 7) is 6.30. The number of nitrogens with one attached hydrogen (secondary N) is 1. The molecule has 0 amide bonds. The standard InChI is InChI=1S/C11H13N3/c1-7-5-8(2)10-9(6-7)14-4-3-12-11(14)13-10/h5-6H,3-4H2,1-2H3,(H,12,13). The third kappa shape index (κ3) is 0.895. The Labute approximate surface area is 82.8 Å². The number of hydrogen-bond donors (Lipinski definition) is 1. The normalized spacial score (nSPS) is 14.4. The van der Waals surface area contributed by atoms with Gasteiger partial charge in [-0.3, -0.25) is 0 Å². The van der Waals surface area contributed by atoms with Crippen LogP contribution in [-0.4, -0.2) is 16.1 Å². The van der Waals surface area contributed by atoms with Gasteiger partial charge in [0.15, 0.2) is 0 Å². The molecule has 1 N–H and O–H groups in total. The molecular weight excluding hydrogens is 174 g/mol. The molecule has 1 aliphatic heterocycles. The lowest BCUT2D eigenvalue weighted by Crippen LogP contribution is -1.95. The molecule has 0 saturated carbocycles. The van der Waals surface area contributed by atoms with Crippen molar-refractivity contribution in [2.75, 3.05) is 11.9 Å². The topological polar surface area (TPSA) is 29.9 Å². The lowest BCUT2D eigenvalue weighted by atomic mass is 10.1. The third-order valence-corrected chi connectivity index (χ3v) is 2.81. The zero-order valence-corrected chi connectivity index (χ0v) is 8.46. The van der Waals surface area contributed by atoms with Crippen LogP contribution in [0.5, 0.6) is 0 Å². The summed E-state index contributed by atoms with van der Waals surface area (Å²) in [5.74, 6) is 1.02. The second-order valence-electron chi connectivity index (χ2n) is 3.96. The van der Waals surface area contributed by atoms with Crippen LogP contribution in [0.1, 0.15) is 11.1 Å². The molecule has 0 saturated heterocycles. The minimum Gasteiger partial charge on any atom is -0.354 e. The van der Waals surface area contributed by atoms with Crippen LogP contribution < -0.4 is 5.32 Å². The SMILES string of the molecule is Cc1cc(C)c2nc3n(c2c1)CCN3. The molecule has 0 spiro atoms. The highest BCUT2D eigenvalue weighted by molar-refractivity contribution is 5.83. The number of nitrogens with zero attached hydrogens (tertiary/aromatic N) is 2. The summed E-state index contributed by atoms with van der Waals surface area (Å²) in [4.78, 5) is 4.59. The van der Waals surface area contributed by atoms with Crippen molar-refractivity contribution in [2.24, 2.45) is 0 Å². The fourth-order valence-corrected chi connectivity index (χ4v) is 2.21. The fraction of sp³-hybridized carbons (Fsp3) is 0.364. The van der Waals surface area contributed by atoms with Gasteiger partial charge in [-0.2, -0.15) is 0 Å². The van der Waals surface area contributed by atoms with Crippen molar-refractivity contribution in [3.8, 4) is 0 Å². The van der Waals surface area contributed by atoms with Gasteiger partial charge in [-0.15, -0.1) is 0 Å². The second kappa shape index (κ2) is 2.50. The van der Waals surface area contributed by atoms with E-state index in [0.717, 1.165) is 24.6 Å². The number of fused-ring (bicyclic) bond motifs is 3. The van der Waals surface area contributed by atoms with Crippen molar-refractivity contribution >= 4 is 17.0 Å². The molecule has 0 radical (unpaired) electrons. The van der Waals surface area contributed by atoms with Crippen LogP contribution in [0.15, 0.2) is 12.1 Å². The predicted octanol–water partition coefficient (Wildman–Crippen LogP) is 2.08. The van der Waals surface area contributed by atoms with Gasteiger partial charge in [0.05, 0.1) is 11.0 Å². The molecule has 0 unspecified atom stereocenters. The Bertz CT molecular complexity index is 511. The molecule has 14 heavy (non-hydrogen) atoms. The molecule has 0 atom stereocenters. The van der Waals surface area contributed by atoms with E-state index in [1.807, 2.05) is 0 Å². The first-order valence-electron chi connectivity index (χ1n) is 4.97. The van der Waals surface area contributed by atoms with Gasteiger partial charge in [0.1, 0.15) is 0 Å². The Kier molecular flexibility index (Phi) is 1.40. The van der Waals surface area contributed by atoms with E-state index in [1.54, 1.807) is 0 Å². The summed E-state index contributed by atoms with van der Waals surface area (Å²) in [5, 5.41) is 3.29. The number of aryl methyl sites for hydroxylation is 2. The largest absolute Gasteiger partial charge is 0.354 e. The lowest BCUT2D eigenvalue weighted by Gasteiger charge is -2.00. The molecule has 2 aromatic rings. The van der Waals surface area contributed by atoms with Gasteiger partial charge >= 0.3 is 0 Å². The van der Waals surface area contributed by atoms with Crippen LogP contribution in [0, 0.1) is 13.8 Å². The second-order valence-corrected chi connectivity index (χ2v) is 3.96. The van der Waals surface area contributed by atoms with E-state index >= 15 is 0 Å². The van der Waals surface area contributed by atoms with E-state index in [2.05, 4.69) is 40.8 Å². The first-order chi connectivity index (χ1) is 6.75. The molecule has 3 heteroatoms. The molecule has 2 heterocycles. The molecule has 1 aromatic carbocycles.